The van der Waals surface area contributed by atoms with Crippen LogP contribution in [0.15, 0.2) is 0 Å². The number of hydrogen-bond donors (Lipinski definition) is 2. The monoisotopic (exact) mass is 198 g/mol. The normalized spacial score (nSPS) is 29.4. The second-order valence-electron chi connectivity index (χ2n) is 5.06. The van der Waals surface area contributed by atoms with E-state index in [0.29, 0.717) is 0 Å². The summed E-state index contributed by atoms with van der Waals surface area (Å²) in [5.74, 6) is 1.72. The average Bonchev–Trinajstić information content (AvgIpc) is 2.58. The molecule has 1 aliphatic carbocycles. The zero-order chi connectivity index (χ0) is 10.4. The molecule has 0 amide bonds. The van der Waals surface area contributed by atoms with Gasteiger partial charge in [0.05, 0.1) is 0 Å². The third-order valence-corrected chi connectivity index (χ3v) is 3.35. The van der Waals surface area contributed by atoms with Gasteiger partial charge in [-0.1, -0.05) is 13.8 Å². The van der Waals surface area contributed by atoms with Crippen LogP contribution in [-0.2, 0) is 0 Å². The van der Waals surface area contributed by atoms with Crippen LogP contribution in [-0.4, -0.2) is 19.1 Å². The van der Waals surface area contributed by atoms with E-state index in [-0.39, 0.29) is 0 Å². The lowest BCUT2D eigenvalue weighted by molar-refractivity contribution is 0.418. The summed E-state index contributed by atoms with van der Waals surface area (Å²) in [6.07, 6.45) is 6.61. The fourth-order valence-corrected chi connectivity index (χ4v) is 2.33. The van der Waals surface area contributed by atoms with E-state index in [1.807, 2.05) is 0 Å². The van der Waals surface area contributed by atoms with Gasteiger partial charge in [0, 0.05) is 6.04 Å². The fourth-order valence-electron chi connectivity index (χ4n) is 2.33. The van der Waals surface area contributed by atoms with Crippen LogP contribution < -0.4 is 11.1 Å². The lowest BCUT2D eigenvalue weighted by Crippen LogP contribution is -2.30. The molecule has 0 radical (unpaired) electrons. The Morgan fingerprint density at radius 3 is 2.79 bits per heavy atom. The summed E-state index contributed by atoms with van der Waals surface area (Å²) in [5.41, 5.74) is 5.49. The molecule has 0 aromatic rings. The van der Waals surface area contributed by atoms with Crippen molar-refractivity contribution in [3.63, 3.8) is 0 Å². The summed E-state index contributed by atoms with van der Waals surface area (Å²) in [6, 6.07) is 0.797. The minimum Gasteiger partial charge on any atom is -0.330 e. The van der Waals surface area contributed by atoms with Crippen molar-refractivity contribution in [1.82, 2.24) is 5.32 Å². The van der Waals surface area contributed by atoms with Gasteiger partial charge in [0.15, 0.2) is 0 Å². The molecule has 3 N–H and O–H groups in total. The molecule has 1 aliphatic rings. The Kier molecular flexibility index (Phi) is 5.49. The Bertz CT molecular complexity index is 147. The summed E-state index contributed by atoms with van der Waals surface area (Å²) in [4.78, 5) is 0. The molecule has 1 rings (SSSR count). The Labute approximate surface area is 88.6 Å². The standard InChI is InChI=1S/C12H26N2/c1-10-5-6-12(8-10)14-9-11(2)4-3-7-13/h10-12,14H,3-9,13H2,1-2H3. The number of nitrogens with one attached hydrogen (secondary N) is 1. The van der Waals surface area contributed by atoms with Gasteiger partial charge >= 0.3 is 0 Å². The molecule has 0 saturated heterocycles. The smallest absolute Gasteiger partial charge is 0.00698 e. The van der Waals surface area contributed by atoms with E-state index in [1.165, 1.54) is 38.6 Å². The highest BCUT2D eigenvalue weighted by Gasteiger charge is 2.20. The van der Waals surface area contributed by atoms with Crippen molar-refractivity contribution in [3.05, 3.63) is 0 Å². The largest absolute Gasteiger partial charge is 0.330 e. The van der Waals surface area contributed by atoms with E-state index in [9.17, 15) is 0 Å². The minimum absolute atomic E-state index is 0.787. The number of hydrogen-bond acceptors (Lipinski definition) is 2. The third kappa shape index (κ3) is 4.43. The third-order valence-electron chi connectivity index (χ3n) is 3.35. The highest BCUT2D eigenvalue weighted by molar-refractivity contribution is 4.78. The molecular formula is C12H26N2. The highest BCUT2D eigenvalue weighted by atomic mass is 14.9. The van der Waals surface area contributed by atoms with Crippen molar-refractivity contribution < 1.29 is 0 Å². The Hall–Kier alpha value is -0.0800. The van der Waals surface area contributed by atoms with Crippen LogP contribution in [0, 0.1) is 11.8 Å². The molecule has 2 nitrogen and oxygen atoms in total. The van der Waals surface area contributed by atoms with Gasteiger partial charge in [0.2, 0.25) is 0 Å². The fraction of sp³-hybridized carbons (Fsp3) is 1.00. The summed E-state index contributed by atoms with van der Waals surface area (Å²) in [7, 11) is 0. The zero-order valence-corrected chi connectivity index (χ0v) is 9.76. The van der Waals surface area contributed by atoms with Gasteiger partial charge in [-0.3, -0.25) is 0 Å². The molecule has 0 aromatic carbocycles. The Morgan fingerprint density at radius 2 is 2.21 bits per heavy atom. The van der Waals surface area contributed by atoms with Crippen molar-refractivity contribution in [2.45, 2.75) is 52.0 Å². The van der Waals surface area contributed by atoms with Gasteiger partial charge in [0.25, 0.3) is 0 Å². The van der Waals surface area contributed by atoms with E-state index in [2.05, 4.69) is 19.2 Å². The second-order valence-corrected chi connectivity index (χ2v) is 5.06. The lowest BCUT2D eigenvalue weighted by Gasteiger charge is -2.16. The van der Waals surface area contributed by atoms with E-state index in [0.717, 1.165) is 24.4 Å². The highest BCUT2D eigenvalue weighted by Crippen LogP contribution is 2.24. The van der Waals surface area contributed by atoms with Crippen LogP contribution in [0.5, 0.6) is 0 Å². The molecule has 14 heavy (non-hydrogen) atoms. The van der Waals surface area contributed by atoms with Gasteiger partial charge in [-0.15, -0.1) is 0 Å². The molecule has 3 unspecified atom stereocenters. The molecule has 1 fully saturated rings. The molecule has 0 aromatic heterocycles. The first kappa shape index (κ1) is 12.0. The van der Waals surface area contributed by atoms with Gasteiger partial charge in [-0.2, -0.15) is 0 Å². The molecule has 0 bridgehead atoms. The lowest BCUT2D eigenvalue weighted by atomic mass is 10.0. The average molecular weight is 198 g/mol. The van der Waals surface area contributed by atoms with Crippen molar-refractivity contribution >= 4 is 0 Å². The summed E-state index contributed by atoms with van der Waals surface area (Å²) in [6.45, 7) is 6.70. The first-order valence-electron chi connectivity index (χ1n) is 6.15. The zero-order valence-electron chi connectivity index (χ0n) is 9.76. The molecule has 84 valence electrons. The molecule has 1 saturated carbocycles. The SMILES string of the molecule is CC(CCCN)CNC1CCC(C)C1. The van der Waals surface area contributed by atoms with Crippen LogP contribution in [0.2, 0.25) is 0 Å². The summed E-state index contributed by atoms with van der Waals surface area (Å²) < 4.78 is 0. The quantitative estimate of drug-likeness (QED) is 0.686. The first-order chi connectivity index (χ1) is 6.72. The summed E-state index contributed by atoms with van der Waals surface area (Å²) >= 11 is 0. The molecule has 0 heterocycles. The molecular weight excluding hydrogens is 172 g/mol. The maximum atomic E-state index is 5.49. The van der Waals surface area contributed by atoms with E-state index < -0.39 is 0 Å². The number of nitrogens with two attached hydrogens (primary N) is 1. The van der Waals surface area contributed by atoms with Crippen LogP contribution in [0.1, 0.15) is 46.0 Å². The van der Waals surface area contributed by atoms with Crippen LogP contribution in [0.25, 0.3) is 0 Å². The van der Waals surface area contributed by atoms with Gasteiger partial charge < -0.3 is 11.1 Å². The number of rotatable bonds is 6. The van der Waals surface area contributed by atoms with Crippen molar-refractivity contribution in [2.75, 3.05) is 13.1 Å². The topological polar surface area (TPSA) is 38.0 Å². The summed E-state index contributed by atoms with van der Waals surface area (Å²) in [5, 5.41) is 3.68. The van der Waals surface area contributed by atoms with Gasteiger partial charge in [-0.05, 0) is 57.0 Å². The first-order valence-corrected chi connectivity index (χ1v) is 6.15. The Balaban J connectivity index is 2.02. The Morgan fingerprint density at radius 1 is 1.43 bits per heavy atom. The predicted molar refractivity (Wildman–Crippen MR) is 62.3 cm³/mol. The van der Waals surface area contributed by atoms with Crippen LogP contribution >= 0.6 is 0 Å². The van der Waals surface area contributed by atoms with Crippen LogP contribution in [0.3, 0.4) is 0 Å². The maximum Gasteiger partial charge on any atom is 0.00698 e. The van der Waals surface area contributed by atoms with Crippen molar-refractivity contribution in [2.24, 2.45) is 17.6 Å². The van der Waals surface area contributed by atoms with E-state index in [4.69, 9.17) is 5.73 Å². The maximum absolute atomic E-state index is 5.49. The predicted octanol–water partition coefficient (Wildman–Crippen LogP) is 2.14. The minimum atomic E-state index is 0.787. The van der Waals surface area contributed by atoms with E-state index in [1.54, 1.807) is 0 Å². The molecule has 0 aliphatic heterocycles. The molecule has 0 spiro atoms. The second kappa shape index (κ2) is 6.41. The van der Waals surface area contributed by atoms with Crippen LogP contribution in [0.4, 0.5) is 0 Å². The van der Waals surface area contributed by atoms with Crippen molar-refractivity contribution in [3.8, 4) is 0 Å². The van der Waals surface area contributed by atoms with Gasteiger partial charge in [0.1, 0.15) is 0 Å². The van der Waals surface area contributed by atoms with E-state index >= 15 is 0 Å². The van der Waals surface area contributed by atoms with Crippen molar-refractivity contribution in [1.29, 1.82) is 0 Å². The molecule has 2 heteroatoms. The van der Waals surface area contributed by atoms with Gasteiger partial charge in [-0.25, -0.2) is 0 Å². The molecule has 3 atom stereocenters.